The van der Waals surface area contributed by atoms with Gasteiger partial charge in [0.1, 0.15) is 24.7 Å². The van der Waals surface area contributed by atoms with E-state index in [-0.39, 0.29) is 5.91 Å². The van der Waals surface area contributed by atoms with Crippen LogP contribution in [0.15, 0.2) is 71.8 Å². The van der Waals surface area contributed by atoms with Gasteiger partial charge in [0.15, 0.2) is 0 Å². The average molecular weight is 451 g/mol. The van der Waals surface area contributed by atoms with Crippen LogP contribution in [0.25, 0.3) is 0 Å². The topological polar surface area (TPSA) is 59.9 Å². The second-order valence-electron chi connectivity index (χ2n) is 7.64. The van der Waals surface area contributed by atoms with E-state index in [0.717, 1.165) is 11.3 Å². The van der Waals surface area contributed by atoms with E-state index in [1.54, 1.807) is 42.5 Å². The highest BCUT2D eigenvalue weighted by Gasteiger charge is 2.09. The first kappa shape index (κ1) is 23.4. The van der Waals surface area contributed by atoms with E-state index in [1.807, 2.05) is 19.1 Å². The van der Waals surface area contributed by atoms with Gasteiger partial charge in [0, 0.05) is 16.1 Å². The molecule has 0 bridgehead atoms. The van der Waals surface area contributed by atoms with Crippen molar-refractivity contribution in [2.24, 2.45) is 5.10 Å². The van der Waals surface area contributed by atoms with Gasteiger partial charge in [-0.05, 0) is 60.4 Å². The zero-order valence-electron chi connectivity index (χ0n) is 18.5. The first-order valence-electron chi connectivity index (χ1n) is 10.5. The molecule has 0 unspecified atom stereocenters. The van der Waals surface area contributed by atoms with Crippen LogP contribution in [-0.2, 0) is 0 Å². The van der Waals surface area contributed by atoms with Crippen LogP contribution in [0, 0.1) is 6.92 Å². The van der Waals surface area contributed by atoms with E-state index in [2.05, 4.69) is 36.5 Å². The number of halogens is 1. The molecule has 3 aromatic rings. The molecule has 0 aliphatic carbocycles. The molecule has 6 heteroatoms. The lowest BCUT2D eigenvalue weighted by Crippen LogP contribution is -2.17. The van der Waals surface area contributed by atoms with Crippen LogP contribution in [0.4, 0.5) is 0 Å². The molecule has 0 atom stereocenters. The molecule has 3 rings (SSSR count). The van der Waals surface area contributed by atoms with E-state index >= 15 is 0 Å². The fraction of sp³-hybridized carbons (Fsp3) is 0.231. The van der Waals surface area contributed by atoms with Crippen LogP contribution in [0.5, 0.6) is 11.5 Å². The molecule has 0 spiro atoms. The summed E-state index contributed by atoms with van der Waals surface area (Å²) in [5.41, 5.74) is 6.02. The number of nitrogens with zero attached hydrogens (tertiary/aromatic N) is 1. The Balaban J connectivity index is 1.60. The molecule has 0 heterocycles. The third kappa shape index (κ3) is 6.59. The van der Waals surface area contributed by atoms with Crippen LogP contribution in [0.3, 0.4) is 0 Å². The van der Waals surface area contributed by atoms with Gasteiger partial charge in [-0.25, -0.2) is 5.43 Å². The SMILES string of the molecule is Cc1ccc(C(C)C)c(OCCOc2ccc(Cl)cc2C=NNC(=O)c2ccccc2)c1. The number of carbonyl (C=O) groups is 1. The highest BCUT2D eigenvalue weighted by Crippen LogP contribution is 2.27. The molecule has 1 amide bonds. The summed E-state index contributed by atoms with van der Waals surface area (Å²) in [6, 6.07) is 20.4. The quantitative estimate of drug-likeness (QED) is 0.247. The summed E-state index contributed by atoms with van der Waals surface area (Å²) in [5, 5.41) is 4.59. The number of amides is 1. The van der Waals surface area contributed by atoms with Crippen molar-refractivity contribution in [2.45, 2.75) is 26.7 Å². The minimum Gasteiger partial charge on any atom is -0.490 e. The third-order valence-corrected chi connectivity index (χ3v) is 5.00. The molecule has 0 saturated carbocycles. The Bertz CT molecular complexity index is 1080. The number of hydrogen-bond acceptors (Lipinski definition) is 4. The van der Waals surface area contributed by atoms with Crippen molar-refractivity contribution in [2.75, 3.05) is 13.2 Å². The largest absolute Gasteiger partial charge is 0.490 e. The van der Waals surface area contributed by atoms with Gasteiger partial charge in [0.25, 0.3) is 5.91 Å². The first-order chi connectivity index (χ1) is 15.4. The number of ether oxygens (including phenoxy) is 2. The minimum absolute atomic E-state index is 0.293. The molecule has 0 fully saturated rings. The van der Waals surface area contributed by atoms with Crippen molar-refractivity contribution in [3.63, 3.8) is 0 Å². The third-order valence-electron chi connectivity index (χ3n) is 4.77. The molecule has 1 N–H and O–H groups in total. The Hall–Kier alpha value is -3.31. The maximum absolute atomic E-state index is 12.1. The van der Waals surface area contributed by atoms with Crippen LogP contribution < -0.4 is 14.9 Å². The Kier molecular flexibility index (Phi) is 8.28. The van der Waals surface area contributed by atoms with Gasteiger partial charge in [-0.3, -0.25) is 4.79 Å². The lowest BCUT2D eigenvalue weighted by Gasteiger charge is -2.15. The van der Waals surface area contributed by atoms with Crippen LogP contribution >= 0.6 is 11.6 Å². The van der Waals surface area contributed by atoms with Gasteiger partial charge in [-0.1, -0.05) is 55.8 Å². The second kappa shape index (κ2) is 11.3. The summed E-state index contributed by atoms with van der Waals surface area (Å²) in [6.45, 7) is 7.08. The molecular formula is C26H27ClN2O3. The van der Waals surface area contributed by atoms with Crippen LogP contribution in [0.2, 0.25) is 5.02 Å². The Morgan fingerprint density at radius 1 is 1.00 bits per heavy atom. The van der Waals surface area contributed by atoms with E-state index in [9.17, 15) is 4.79 Å². The van der Waals surface area contributed by atoms with Gasteiger partial charge in [0.2, 0.25) is 0 Å². The van der Waals surface area contributed by atoms with Crippen molar-refractivity contribution in [1.82, 2.24) is 5.43 Å². The molecule has 0 radical (unpaired) electrons. The Morgan fingerprint density at radius 2 is 1.72 bits per heavy atom. The maximum Gasteiger partial charge on any atom is 0.271 e. The molecule has 166 valence electrons. The summed E-state index contributed by atoms with van der Waals surface area (Å²) in [7, 11) is 0. The summed E-state index contributed by atoms with van der Waals surface area (Å²) < 4.78 is 11.9. The average Bonchev–Trinajstić information content (AvgIpc) is 2.78. The highest BCUT2D eigenvalue weighted by molar-refractivity contribution is 6.30. The number of carbonyl (C=O) groups excluding carboxylic acids is 1. The van der Waals surface area contributed by atoms with E-state index in [1.165, 1.54) is 11.8 Å². The first-order valence-corrected chi connectivity index (χ1v) is 10.9. The number of rotatable bonds is 9. The minimum atomic E-state index is -0.293. The van der Waals surface area contributed by atoms with Gasteiger partial charge in [-0.2, -0.15) is 5.10 Å². The summed E-state index contributed by atoms with van der Waals surface area (Å²) >= 11 is 6.13. The summed E-state index contributed by atoms with van der Waals surface area (Å²) in [6.07, 6.45) is 1.51. The van der Waals surface area contributed by atoms with Crippen molar-refractivity contribution in [1.29, 1.82) is 0 Å². The zero-order chi connectivity index (χ0) is 22.9. The number of aryl methyl sites for hydroxylation is 1. The smallest absolute Gasteiger partial charge is 0.271 e. The normalized spacial score (nSPS) is 11.0. The molecule has 0 aromatic heterocycles. The summed E-state index contributed by atoms with van der Waals surface area (Å²) in [5.74, 6) is 1.56. The number of hydrazone groups is 1. The molecular weight excluding hydrogens is 424 g/mol. The van der Waals surface area contributed by atoms with Crippen molar-refractivity contribution in [3.8, 4) is 11.5 Å². The van der Waals surface area contributed by atoms with Crippen LogP contribution in [-0.4, -0.2) is 25.3 Å². The molecule has 5 nitrogen and oxygen atoms in total. The van der Waals surface area contributed by atoms with Gasteiger partial charge < -0.3 is 9.47 Å². The van der Waals surface area contributed by atoms with Crippen molar-refractivity contribution in [3.05, 3.63) is 94.0 Å². The predicted molar refractivity (Wildman–Crippen MR) is 129 cm³/mol. The lowest BCUT2D eigenvalue weighted by atomic mass is 10.0. The van der Waals surface area contributed by atoms with E-state index < -0.39 is 0 Å². The molecule has 32 heavy (non-hydrogen) atoms. The van der Waals surface area contributed by atoms with E-state index in [0.29, 0.717) is 41.0 Å². The molecule has 0 aliphatic heterocycles. The predicted octanol–water partition coefficient (Wildman–Crippen LogP) is 5.99. The number of benzene rings is 3. The Labute approximate surface area is 194 Å². The van der Waals surface area contributed by atoms with Gasteiger partial charge in [-0.15, -0.1) is 0 Å². The van der Waals surface area contributed by atoms with Crippen molar-refractivity contribution < 1.29 is 14.3 Å². The summed E-state index contributed by atoms with van der Waals surface area (Å²) in [4.78, 5) is 12.1. The number of nitrogens with one attached hydrogen (secondary N) is 1. The fourth-order valence-electron chi connectivity index (χ4n) is 3.11. The molecule has 3 aromatic carbocycles. The molecule has 0 saturated heterocycles. The lowest BCUT2D eigenvalue weighted by molar-refractivity contribution is 0.0955. The van der Waals surface area contributed by atoms with E-state index in [4.69, 9.17) is 21.1 Å². The standard InChI is InChI=1S/C26H27ClN2O3/c1-18(2)23-11-9-19(3)15-25(23)32-14-13-31-24-12-10-22(27)16-21(24)17-28-29-26(30)20-7-5-4-6-8-20/h4-12,15-18H,13-14H2,1-3H3,(H,29,30). The maximum atomic E-state index is 12.1. The zero-order valence-corrected chi connectivity index (χ0v) is 19.2. The Morgan fingerprint density at radius 3 is 2.44 bits per heavy atom. The molecule has 0 aliphatic rings. The second-order valence-corrected chi connectivity index (χ2v) is 8.08. The van der Waals surface area contributed by atoms with Gasteiger partial charge >= 0.3 is 0 Å². The highest BCUT2D eigenvalue weighted by atomic mass is 35.5. The van der Waals surface area contributed by atoms with Crippen molar-refractivity contribution >= 4 is 23.7 Å². The monoisotopic (exact) mass is 450 g/mol. The fourth-order valence-corrected chi connectivity index (χ4v) is 3.29. The number of hydrogen-bond donors (Lipinski definition) is 1. The van der Waals surface area contributed by atoms with Gasteiger partial charge in [0.05, 0.1) is 6.21 Å². The van der Waals surface area contributed by atoms with Crippen LogP contribution in [0.1, 0.15) is 46.8 Å².